The number of hydrogen-bond acceptors (Lipinski definition) is 1. The van der Waals surface area contributed by atoms with Gasteiger partial charge in [-0.3, -0.25) is 0 Å². The van der Waals surface area contributed by atoms with Gasteiger partial charge in [0.25, 0.3) is 0 Å². The number of hydrogen-bond donors (Lipinski definition) is 1. The van der Waals surface area contributed by atoms with Crippen LogP contribution in [0, 0.1) is 11.6 Å². The minimum atomic E-state index is -0.656. The predicted molar refractivity (Wildman–Crippen MR) is 49.0 cm³/mol. The summed E-state index contributed by atoms with van der Waals surface area (Å²) in [5.74, 6) is -1.20. The minimum Gasteiger partial charge on any atom is -0.319 e. The predicted octanol–water partition coefficient (Wildman–Crippen LogP) is 2.38. The summed E-state index contributed by atoms with van der Waals surface area (Å²) >= 11 is 5.50. The fourth-order valence-electron chi connectivity index (χ4n) is 1.05. The van der Waals surface area contributed by atoms with Crippen LogP contribution in [0.4, 0.5) is 8.78 Å². The molecule has 0 aromatic heterocycles. The molecule has 0 aliphatic carbocycles. The highest BCUT2D eigenvalue weighted by molar-refractivity contribution is 6.30. The zero-order valence-electron chi connectivity index (χ0n) is 7.20. The molecule has 0 aliphatic heterocycles. The van der Waals surface area contributed by atoms with E-state index in [9.17, 15) is 8.78 Å². The maximum Gasteiger partial charge on any atom is 0.147 e. The molecule has 1 rings (SSSR count). The Balaban J connectivity index is 2.96. The highest BCUT2D eigenvalue weighted by Gasteiger charge is 2.11. The van der Waals surface area contributed by atoms with Gasteiger partial charge in [-0.15, -0.1) is 0 Å². The van der Waals surface area contributed by atoms with Gasteiger partial charge in [0.2, 0.25) is 0 Å². The number of nitrogens with one attached hydrogen (secondary N) is 1. The van der Waals surface area contributed by atoms with Crippen LogP contribution in [-0.4, -0.2) is 13.6 Å². The van der Waals surface area contributed by atoms with E-state index < -0.39 is 11.6 Å². The SMILES string of the molecule is CNCCc1c(F)ccc(Cl)c1F. The Morgan fingerprint density at radius 2 is 2.08 bits per heavy atom. The van der Waals surface area contributed by atoms with Crippen LogP contribution in [0.2, 0.25) is 5.02 Å². The summed E-state index contributed by atoms with van der Waals surface area (Å²) in [5.41, 5.74) is 0.0434. The van der Waals surface area contributed by atoms with E-state index in [4.69, 9.17) is 11.6 Å². The zero-order valence-corrected chi connectivity index (χ0v) is 7.96. The van der Waals surface area contributed by atoms with Crippen molar-refractivity contribution in [3.63, 3.8) is 0 Å². The molecule has 0 unspecified atom stereocenters. The van der Waals surface area contributed by atoms with Gasteiger partial charge < -0.3 is 5.32 Å². The minimum absolute atomic E-state index is 0.0347. The van der Waals surface area contributed by atoms with Crippen molar-refractivity contribution in [2.45, 2.75) is 6.42 Å². The van der Waals surface area contributed by atoms with Crippen LogP contribution in [0.25, 0.3) is 0 Å². The maximum atomic E-state index is 13.2. The molecule has 0 radical (unpaired) electrons. The first-order valence-corrected chi connectivity index (χ1v) is 4.31. The smallest absolute Gasteiger partial charge is 0.147 e. The molecule has 1 N–H and O–H groups in total. The molecule has 0 saturated carbocycles. The van der Waals surface area contributed by atoms with Crippen molar-refractivity contribution in [1.29, 1.82) is 0 Å². The van der Waals surface area contributed by atoms with E-state index in [-0.39, 0.29) is 10.6 Å². The van der Waals surface area contributed by atoms with Crippen LogP contribution in [0.5, 0.6) is 0 Å². The van der Waals surface area contributed by atoms with Crippen molar-refractivity contribution >= 4 is 11.6 Å². The van der Waals surface area contributed by atoms with Gasteiger partial charge in [-0.2, -0.15) is 0 Å². The van der Waals surface area contributed by atoms with E-state index in [0.29, 0.717) is 13.0 Å². The van der Waals surface area contributed by atoms with Crippen molar-refractivity contribution in [3.05, 3.63) is 34.4 Å². The van der Waals surface area contributed by atoms with Crippen molar-refractivity contribution in [3.8, 4) is 0 Å². The number of benzene rings is 1. The van der Waals surface area contributed by atoms with Gasteiger partial charge in [-0.25, -0.2) is 8.78 Å². The van der Waals surface area contributed by atoms with E-state index in [1.807, 2.05) is 0 Å². The Morgan fingerprint density at radius 1 is 1.38 bits per heavy atom. The van der Waals surface area contributed by atoms with Crippen LogP contribution in [0.1, 0.15) is 5.56 Å². The Labute approximate surface area is 80.7 Å². The molecular weight excluding hydrogens is 196 g/mol. The van der Waals surface area contributed by atoms with Crippen molar-refractivity contribution in [2.24, 2.45) is 0 Å². The lowest BCUT2D eigenvalue weighted by atomic mass is 10.1. The normalized spacial score (nSPS) is 10.5. The monoisotopic (exact) mass is 205 g/mol. The zero-order chi connectivity index (χ0) is 9.84. The molecule has 0 amide bonds. The number of halogens is 3. The average Bonchev–Trinajstić information content (AvgIpc) is 2.12. The lowest BCUT2D eigenvalue weighted by Gasteiger charge is -2.05. The Kier molecular flexibility index (Phi) is 3.63. The molecule has 0 aliphatic rings. The average molecular weight is 206 g/mol. The largest absolute Gasteiger partial charge is 0.319 e. The van der Waals surface area contributed by atoms with Gasteiger partial charge in [0.1, 0.15) is 11.6 Å². The molecule has 1 aromatic rings. The first-order valence-electron chi connectivity index (χ1n) is 3.93. The summed E-state index contributed by atoms with van der Waals surface area (Å²) < 4.78 is 26.2. The quantitative estimate of drug-likeness (QED) is 0.748. The first kappa shape index (κ1) is 10.4. The molecule has 0 atom stereocenters. The molecule has 0 bridgehead atoms. The van der Waals surface area contributed by atoms with E-state index in [0.717, 1.165) is 0 Å². The summed E-state index contributed by atoms with van der Waals surface area (Å²) in [6, 6.07) is 2.39. The second-order valence-electron chi connectivity index (χ2n) is 2.68. The summed E-state index contributed by atoms with van der Waals surface area (Å²) in [4.78, 5) is 0. The molecule has 1 aromatic carbocycles. The summed E-state index contributed by atoms with van der Waals surface area (Å²) in [6.07, 6.45) is 0.300. The summed E-state index contributed by atoms with van der Waals surface area (Å²) in [5, 5.41) is 2.78. The van der Waals surface area contributed by atoms with Crippen molar-refractivity contribution in [2.75, 3.05) is 13.6 Å². The molecule has 13 heavy (non-hydrogen) atoms. The lowest BCUT2D eigenvalue weighted by Crippen LogP contribution is -2.12. The molecule has 1 nitrogen and oxygen atoms in total. The highest BCUT2D eigenvalue weighted by Crippen LogP contribution is 2.21. The van der Waals surface area contributed by atoms with Crippen LogP contribution in [-0.2, 0) is 6.42 Å². The Morgan fingerprint density at radius 3 is 2.69 bits per heavy atom. The fraction of sp³-hybridized carbons (Fsp3) is 0.333. The van der Waals surface area contributed by atoms with Crippen LogP contribution >= 0.6 is 11.6 Å². The number of likely N-dealkylation sites (N-methyl/N-ethyl adjacent to an activating group) is 1. The lowest BCUT2D eigenvalue weighted by molar-refractivity contribution is 0.551. The van der Waals surface area contributed by atoms with Crippen molar-refractivity contribution in [1.82, 2.24) is 5.32 Å². The summed E-state index contributed by atoms with van der Waals surface area (Å²) in [7, 11) is 1.72. The fourth-order valence-corrected chi connectivity index (χ4v) is 1.23. The van der Waals surface area contributed by atoms with Gasteiger partial charge in [0.05, 0.1) is 5.02 Å². The Hall–Kier alpha value is -0.670. The molecule has 0 saturated heterocycles. The second-order valence-corrected chi connectivity index (χ2v) is 3.08. The van der Waals surface area contributed by atoms with Crippen LogP contribution in [0.15, 0.2) is 12.1 Å². The molecular formula is C9H10ClF2N. The van der Waals surface area contributed by atoms with E-state index >= 15 is 0 Å². The topological polar surface area (TPSA) is 12.0 Å². The highest BCUT2D eigenvalue weighted by atomic mass is 35.5. The van der Waals surface area contributed by atoms with Gasteiger partial charge in [-0.1, -0.05) is 11.6 Å². The van der Waals surface area contributed by atoms with Gasteiger partial charge in [0.15, 0.2) is 0 Å². The van der Waals surface area contributed by atoms with Crippen LogP contribution in [0.3, 0.4) is 0 Å². The first-order chi connectivity index (χ1) is 6.16. The standard InChI is InChI=1S/C9H10ClF2N/c1-13-5-4-6-8(11)3-2-7(10)9(6)12/h2-3,13H,4-5H2,1H3. The third kappa shape index (κ3) is 2.39. The van der Waals surface area contributed by atoms with Crippen LogP contribution < -0.4 is 5.32 Å². The molecule has 0 heterocycles. The molecule has 72 valence electrons. The van der Waals surface area contributed by atoms with Gasteiger partial charge in [0, 0.05) is 5.56 Å². The molecule has 0 spiro atoms. The third-order valence-electron chi connectivity index (χ3n) is 1.76. The van der Waals surface area contributed by atoms with E-state index in [1.165, 1.54) is 12.1 Å². The van der Waals surface area contributed by atoms with E-state index in [2.05, 4.69) is 5.32 Å². The number of rotatable bonds is 3. The molecule has 0 fully saturated rings. The van der Waals surface area contributed by atoms with Crippen molar-refractivity contribution < 1.29 is 8.78 Å². The molecule has 4 heteroatoms. The van der Waals surface area contributed by atoms with Gasteiger partial charge >= 0.3 is 0 Å². The van der Waals surface area contributed by atoms with Gasteiger partial charge in [-0.05, 0) is 32.1 Å². The summed E-state index contributed by atoms with van der Waals surface area (Å²) in [6.45, 7) is 0.522. The third-order valence-corrected chi connectivity index (χ3v) is 2.06. The Bertz CT molecular complexity index is 302. The maximum absolute atomic E-state index is 13.2. The van der Waals surface area contributed by atoms with E-state index in [1.54, 1.807) is 7.05 Å². The second kappa shape index (κ2) is 4.53.